The largest absolute Gasteiger partial charge is 0.455 e. The van der Waals surface area contributed by atoms with Gasteiger partial charge in [-0.05, 0) is 34.4 Å². The summed E-state index contributed by atoms with van der Waals surface area (Å²) >= 11 is 0. The molecule has 2 aromatic carbocycles. The van der Waals surface area contributed by atoms with Gasteiger partial charge in [0.25, 0.3) is 11.8 Å². The minimum Gasteiger partial charge on any atom is -0.455 e. The summed E-state index contributed by atoms with van der Waals surface area (Å²) in [6.45, 7) is 0. The van der Waals surface area contributed by atoms with Gasteiger partial charge in [0.2, 0.25) is 0 Å². The first-order valence-corrected chi connectivity index (χ1v) is 16.8. The number of fused-ring (bicyclic) bond motifs is 3. The van der Waals surface area contributed by atoms with E-state index in [0.717, 1.165) is 22.3 Å². The molecule has 7 aliphatic rings. The second-order valence-corrected chi connectivity index (χ2v) is 14.5. The molecule has 8 nitrogen and oxygen atoms in total. The van der Waals surface area contributed by atoms with Gasteiger partial charge in [-0.2, -0.15) is 0 Å². The van der Waals surface area contributed by atoms with Crippen LogP contribution in [0.15, 0.2) is 108 Å². The highest BCUT2D eigenvalue weighted by molar-refractivity contribution is 8.78. The first-order valence-electron chi connectivity index (χ1n) is 14.7. The number of amides is 2. The van der Waals surface area contributed by atoms with E-state index in [-0.39, 0.29) is 36.6 Å². The monoisotopic (exact) mass is 624 g/mol. The fraction of sp³-hybridized carbons (Fsp3) is 0.294. The van der Waals surface area contributed by atoms with E-state index in [1.165, 1.54) is 21.6 Å². The quantitative estimate of drug-likeness (QED) is 0.347. The number of piperazine rings is 1. The van der Waals surface area contributed by atoms with E-state index in [2.05, 4.69) is 0 Å². The van der Waals surface area contributed by atoms with Crippen LogP contribution >= 0.6 is 21.6 Å². The van der Waals surface area contributed by atoms with Crippen molar-refractivity contribution in [1.29, 1.82) is 0 Å². The van der Waals surface area contributed by atoms with Crippen LogP contribution in [0.2, 0.25) is 0 Å². The summed E-state index contributed by atoms with van der Waals surface area (Å²) < 4.78 is 12.0. The average molecular weight is 625 g/mol. The molecule has 6 atom stereocenters. The Morgan fingerprint density at radius 1 is 0.682 bits per heavy atom. The van der Waals surface area contributed by atoms with E-state index in [0.29, 0.717) is 12.8 Å². The van der Waals surface area contributed by atoms with Gasteiger partial charge in [0.15, 0.2) is 9.74 Å². The van der Waals surface area contributed by atoms with Gasteiger partial charge in [0.05, 0.1) is 24.9 Å². The highest BCUT2D eigenvalue weighted by Crippen LogP contribution is 2.69. The Labute approximate surface area is 262 Å². The molecule has 222 valence electrons. The Hall–Kier alpha value is -4.02. The molecule has 5 saturated heterocycles. The molecule has 6 unspecified atom stereocenters. The van der Waals surface area contributed by atoms with Crippen molar-refractivity contribution in [3.8, 4) is 0 Å². The molecule has 5 fully saturated rings. The van der Waals surface area contributed by atoms with Gasteiger partial charge in [0.1, 0.15) is 12.2 Å². The lowest BCUT2D eigenvalue weighted by atomic mass is 9.95. The standard InChI is InChI=1S/C34H28N2O6S2/c37-27(17-21-9-3-1-4-10-21)41-25-15-7-13-23-19-33-32(40)36-30-24(20-34(36,44-43-33)31(39)35(33)29(23)25)14-8-16-26(30)42-28(38)18-22-11-5-2-6-12-22/h1-16,25-26,29-30H,17-20H2. The van der Waals surface area contributed by atoms with Crippen LogP contribution < -0.4 is 0 Å². The maximum atomic E-state index is 14.7. The highest BCUT2D eigenvalue weighted by atomic mass is 33.1. The molecule has 2 aromatic rings. The van der Waals surface area contributed by atoms with Crippen molar-refractivity contribution in [3.63, 3.8) is 0 Å². The van der Waals surface area contributed by atoms with Crippen molar-refractivity contribution in [1.82, 2.24) is 9.80 Å². The summed E-state index contributed by atoms with van der Waals surface area (Å²) in [6.07, 6.45) is 10.7. The minimum atomic E-state index is -1.18. The van der Waals surface area contributed by atoms with Crippen molar-refractivity contribution in [2.24, 2.45) is 0 Å². The molecule has 10 heteroatoms. The van der Waals surface area contributed by atoms with Crippen LogP contribution in [0.25, 0.3) is 0 Å². The van der Waals surface area contributed by atoms with Crippen molar-refractivity contribution >= 4 is 45.3 Å². The van der Waals surface area contributed by atoms with Crippen LogP contribution in [0.1, 0.15) is 24.0 Å². The Bertz CT molecular complexity index is 1580. The lowest BCUT2D eigenvalue weighted by molar-refractivity contribution is -0.172. The summed E-state index contributed by atoms with van der Waals surface area (Å²) in [5.41, 5.74) is 3.47. The van der Waals surface area contributed by atoms with Gasteiger partial charge in [-0.25, -0.2) is 0 Å². The summed E-state index contributed by atoms with van der Waals surface area (Å²) in [6, 6.07) is 17.6. The molecule has 2 amide bonds. The zero-order valence-corrected chi connectivity index (χ0v) is 25.2. The number of esters is 2. The van der Waals surface area contributed by atoms with Crippen molar-refractivity contribution in [2.75, 3.05) is 0 Å². The molecule has 2 aliphatic carbocycles. The van der Waals surface area contributed by atoms with Gasteiger partial charge in [-0.1, -0.05) is 107 Å². The number of benzene rings is 2. The molecule has 5 heterocycles. The van der Waals surface area contributed by atoms with Gasteiger partial charge in [-0.3, -0.25) is 19.2 Å². The number of ether oxygens (including phenoxy) is 2. The first kappa shape index (κ1) is 27.5. The Kier molecular flexibility index (Phi) is 6.43. The fourth-order valence-corrected chi connectivity index (χ4v) is 11.0. The molecule has 0 N–H and O–H groups in total. The molecule has 2 spiro atoms. The van der Waals surface area contributed by atoms with Crippen LogP contribution in [0, 0.1) is 0 Å². The van der Waals surface area contributed by atoms with Gasteiger partial charge < -0.3 is 19.3 Å². The predicted octanol–water partition coefficient (Wildman–Crippen LogP) is 4.29. The molecule has 0 saturated carbocycles. The molecule has 0 aromatic heterocycles. The maximum absolute atomic E-state index is 14.7. The number of hydrogen-bond acceptors (Lipinski definition) is 8. The van der Waals surface area contributed by atoms with Crippen LogP contribution in [-0.2, 0) is 41.5 Å². The average Bonchev–Trinajstić information content (AvgIpc) is 3.56. The van der Waals surface area contributed by atoms with E-state index in [1.807, 2.05) is 85.0 Å². The molecule has 2 bridgehead atoms. The fourth-order valence-electron chi connectivity index (χ4n) is 7.31. The van der Waals surface area contributed by atoms with E-state index >= 15 is 0 Å². The molecular weight excluding hydrogens is 597 g/mol. The smallest absolute Gasteiger partial charge is 0.310 e. The number of hydrogen-bond donors (Lipinski definition) is 0. The van der Waals surface area contributed by atoms with E-state index in [4.69, 9.17) is 9.47 Å². The van der Waals surface area contributed by atoms with E-state index in [9.17, 15) is 19.2 Å². The van der Waals surface area contributed by atoms with Crippen LogP contribution in [0.4, 0.5) is 0 Å². The zero-order valence-electron chi connectivity index (χ0n) is 23.5. The minimum absolute atomic E-state index is 0.116. The van der Waals surface area contributed by atoms with E-state index < -0.39 is 34.0 Å². The third-order valence-electron chi connectivity index (χ3n) is 9.17. The Morgan fingerprint density at radius 2 is 1.09 bits per heavy atom. The van der Waals surface area contributed by atoms with Crippen LogP contribution in [0.5, 0.6) is 0 Å². The first-order chi connectivity index (χ1) is 21.4. The van der Waals surface area contributed by atoms with Gasteiger partial charge in [0, 0.05) is 12.8 Å². The zero-order chi connectivity index (χ0) is 30.1. The third-order valence-corrected chi connectivity index (χ3v) is 12.7. The van der Waals surface area contributed by atoms with Gasteiger partial charge in [-0.15, -0.1) is 0 Å². The molecule has 9 rings (SSSR count). The summed E-state index contributed by atoms with van der Waals surface area (Å²) in [5, 5.41) is 0. The van der Waals surface area contributed by atoms with Crippen LogP contribution in [0.3, 0.4) is 0 Å². The van der Waals surface area contributed by atoms with Crippen molar-refractivity contribution < 1.29 is 28.7 Å². The molecule has 0 radical (unpaired) electrons. The second kappa shape index (κ2) is 10.3. The topological polar surface area (TPSA) is 93.2 Å². The van der Waals surface area contributed by atoms with E-state index in [1.54, 1.807) is 22.0 Å². The lowest BCUT2D eigenvalue weighted by Crippen LogP contribution is -2.77. The van der Waals surface area contributed by atoms with Crippen LogP contribution in [-0.4, -0.2) is 67.6 Å². The maximum Gasteiger partial charge on any atom is 0.310 e. The summed E-state index contributed by atoms with van der Waals surface area (Å²) in [5.74, 6) is -1.12. The summed E-state index contributed by atoms with van der Waals surface area (Å²) in [4.78, 5) is 56.4. The molecular formula is C34H28N2O6S2. The number of nitrogens with zero attached hydrogens (tertiary/aromatic N) is 2. The SMILES string of the molecule is O=C(Cc1ccccc1)OC1C=CC=C2CC34SSC5(CC6=CC=CC(OC(=O)Cc7ccccc7)C6N5C3=O)C(=O)N4C21. The third kappa shape index (κ3) is 4.07. The highest BCUT2D eigenvalue weighted by Gasteiger charge is 2.77. The Morgan fingerprint density at radius 3 is 1.50 bits per heavy atom. The normalized spacial score (nSPS) is 32.4. The summed E-state index contributed by atoms with van der Waals surface area (Å²) in [7, 11) is 2.86. The molecule has 5 aliphatic heterocycles. The second-order valence-electron chi connectivity index (χ2n) is 11.8. The Balaban J connectivity index is 1.07. The number of carbonyl (C=O) groups is 4. The lowest BCUT2D eigenvalue weighted by Gasteiger charge is -2.58. The van der Waals surface area contributed by atoms with Crippen molar-refractivity contribution in [3.05, 3.63) is 119 Å². The predicted molar refractivity (Wildman–Crippen MR) is 166 cm³/mol. The molecule has 44 heavy (non-hydrogen) atoms. The number of carbonyl (C=O) groups excluding carboxylic acids is 4. The van der Waals surface area contributed by atoms with Gasteiger partial charge >= 0.3 is 11.9 Å². The number of rotatable bonds is 6. The number of allylic oxidation sites excluding steroid dienone is 4. The van der Waals surface area contributed by atoms with Crippen molar-refractivity contribution in [2.45, 2.75) is 59.7 Å².